The third-order valence-corrected chi connectivity index (χ3v) is 5.20. The van der Waals surface area contributed by atoms with Crippen LogP contribution in [0, 0.1) is 5.82 Å². The molecular formula is C22H28ClFN6O. The molecule has 0 amide bonds. The minimum absolute atomic E-state index is 0. The van der Waals surface area contributed by atoms with E-state index in [4.69, 9.17) is 10.5 Å². The number of guanidine groups is 2. The van der Waals surface area contributed by atoms with Gasteiger partial charge in [0, 0.05) is 24.5 Å². The fraction of sp³-hybridized carbons (Fsp3) is 0.364. The van der Waals surface area contributed by atoms with Crippen molar-refractivity contribution in [1.82, 2.24) is 4.90 Å². The van der Waals surface area contributed by atoms with Crippen LogP contribution in [0.4, 0.5) is 15.8 Å². The van der Waals surface area contributed by atoms with Crippen molar-refractivity contribution in [3.63, 3.8) is 0 Å². The lowest BCUT2D eigenvalue weighted by atomic mass is 10.0. The van der Waals surface area contributed by atoms with Gasteiger partial charge in [0.05, 0.1) is 13.2 Å². The van der Waals surface area contributed by atoms with Gasteiger partial charge in [0.2, 0.25) is 18.2 Å². The van der Waals surface area contributed by atoms with E-state index in [9.17, 15) is 4.39 Å². The molecule has 0 bridgehead atoms. The van der Waals surface area contributed by atoms with Crippen LogP contribution in [0.5, 0.6) is 0 Å². The van der Waals surface area contributed by atoms with Crippen LogP contribution in [0.1, 0.15) is 25.3 Å². The highest BCUT2D eigenvalue weighted by Gasteiger charge is 2.32. The molecule has 3 N–H and O–H groups in total. The molecule has 4 rings (SSSR count). The van der Waals surface area contributed by atoms with Crippen molar-refractivity contribution < 1.29 is 9.13 Å². The largest absolute Gasteiger partial charge is 0.378 e. The van der Waals surface area contributed by atoms with E-state index < -0.39 is 6.29 Å². The maximum atomic E-state index is 13.4. The Morgan fingerprint density at radius 1 is 1.06 bits per heavy atom. The molecule has 2 aliphatic rings. The number of aliphatic imine (C=N–C) groups is 2. The van der Waals surface area contributed by atoms with Crippen LogP contribution in [0.2, 0.25) is 0 Å². The minimum Gasteiger partial charge on any atom is -0.378 e. The molecule has 7 nitrogen and oxygen atoms in total. The van der Waals surface area contributed by atoms with Crippen molar-refractivity contribution in [2.45, 2.75) is 26.1 Å². The molecule has 166 valence electrons. The molecule has 2 heterocycles. The molecule has 1 fully saturated rings. The predicted molar refractivity (Wildman–Crippen MR) is 126 cm³/mol. The first-order valence-corrected chi connectivity index (χ1v) is 10.2. The Hall–Kier alpha value is -2.84. The predicted octanol–water partition coefficient (Wildman–Crippen LogP) is 3.59. The van der Waals surface area contributed by atoms with E-state index >= 15 is 0 Å². The lowest BCUT2D eigenvalue weighted by Gasteiger charge is -2.41. The Balaban J connectivity index is 0.00000272. The Morgan fingerprint density at radius 2 is 1.71 bits per heavy atom. The van der Waals surface area contributed by atoms with E-state index in [0.29, 0.717) is 19.1 Å². The van der Waals surface area contributed by atoms with E-state index in [1.807, 2.05) is 4.90 Å². The van der Waals surface area contributed by atoms with Gasteiger partial charge in [0.1, 0.15) is 5.82 Å². The zero-order chi connectivity index (χ0) is 21.1. The number of rotatable bonds is 4. The number of hydrogen-bond donors (Lipinski definition) is 2. The first kappa shape index (κ1) is 22.8. The summed E-state index contributed by atoms with van der Waals surface area (Å²) in [6, 6.07) is 14.6. The third kappa shape index (κ3) is 5.26. The van der Waals surface area contributed by atoms with Crippen molar-refractivity contribution in [3.05, 3.63) is 59.9 Å². The summed E-state index contributed by atoms with van der Waals surface area (Å²) in [5.74, 6) is 1.08. The van der Waals surface area contributed by atoms with Gasteiger partial charge < -0.3 is 20.7 Å². The zero-order valence-electron chi connectivity index (χ0n) is 17.7. The van der Waals surface area contributed by atoms with Gasteiger partial charge in [-0.25, -0.2) is 9.38 Å². The summed E-state index contributed by atoms with van der Waals surface area (Å²) in [4.78, 5) is 13.3. The third-order valence-electron chi connectivity index (χ3n) is 5.20. The average Bonchev–Trinajstić information content (AvgIpc) is 2.76. The molecule has 0 saturated carbocycles. The molecule has 2 aliphatic heterocycles. The molecule has 1 atom stereocenters. The first-order chi connectivity index (χ1) is 14.5. The zero-order valence-corrected chi connectivity index (χ0v) is 18.5. The van der Waals surface area contributed by atoms with Crippen LogP contribution in [0.15, 0.2) is 58.5 Å². The van der Waals surface area contributed by atoms with E-state index in [1.54, 1.807) is 12.1 Å². The summed E-state index contributed by atoms with van der Waals surface area (Å²) >= 11 is 0. The number of nitrogens with two attached hydrogens (primary N) is 1. The van der Waals surface area contributed by atoms with Crippen LogP contribution >= 0.6 is 12.4 Å². The van der Waals surface area contributed by atoms with Crippen molar-refractivity contribution in [1.29, 1.82) is 0 Å². The second kappa shape index (κ2) is 9.98. The summed E-state index contributed by atoms with van der Waals surface area (Å²) < 4.78 is 18.9. The molecule has 0 aliphatic carbocycles. The summed E-state index contributed by atoms with van der Waals surface area (Å²) in [7, 11) is 0. The van der Waals surface area contributed by atoms with E-state index in [0.717, 1.165) is 30.4 Å². The number of morpholine rings is 1. The van der Waals surface area contributed by atoms with Gasteiger partial charge in [-0.05, 0) is 47.9 Å². The molecule has 31 heavy (non-hydrogen) atoms. The number of anilines is 2. The lowest BCUT2D eigenvalue weighted by Crippen LogP contribution is -2.57. The van der Waals surface area contributed by atoms with Crippen LogP contribution < -0.4 is 16.0 Å². The number of halogens is 2. The number of nitrogens with one attached hydrogen (secondary N) is 1. The molecular weight excluding hydrogens is 419 g/mol. The molecule has 2 aromatic carbocycles. The van der Waals surface area contributed by atoms with E-state index in [2.05, 4.69) is 58.3 Å². The van der Waals surface area contributed by atoms with Gasteiger partial charge in [-0.1, -0.05) is 26.0 Å². The number of nitrogens with zero attached hydrogens (tertiary/aromatic N) is 4. The van der Waals surface area contributed by atoms with Crippen LogP contribution in [-0.2, 0) is 4.74 Å². The second-order valence-corrected chi connectivity index (χ2v) is 7.64. The van der Waals surface area contributed by atoms with E-state index in [1.165, 1.54) is 17.7 Å². The van der Waals surface area contributed by atoms with Crippen LogP contribution in [-0.4, -0.2) is 49.4 Å². The number of benzene rings is 2. The maximum Gasteiger partial charge on any atom is 0.222 e. The highest BCUT2D eigenvalue weighted by atomic mass is 35.5. The Bertz CT molecular complexity index is 926. The minimum atomic E-state index is -0.518. The summed E-state index contributed by atoms with van der Waals surface area (Å²) in [6.45, 7) is 7.03. The standard InChI is InChI=1S/C22H27FN6O.ClH/c1-15(2)16-3-9-19(10-4-16)29-21(25-18-7-5-17(23)6-8-18)26-20(24)27-22(29)28-11-13-30-14-12-28;/h3-10,15,21,25H,11-14H2,1-2H3,(H2,24,26);1H. The van der Waals surface area contributed by atoms with Crippen molar-refractivity contribution >= 4 is 35.7 Å². The lowest BCUT2D eigenvalue weighted by molar-refractivity contribution is 0.0671. The average molecular weight is 447 g/mol. The van der Waals surface area contributed by atoms with Gasteiger partial charge >= 0.3 is 0 Å². The fourth-order valence-electron chi connectivity index (χ4n) is 3.53. The monoisotopic (exact) mass is 446 g/mol. The van der Waals surface area contributed by atoms with Crippen LogP contribution in [0.3, 0.4) is 0 Å². The maximum absolute atomic E-state index is 13.4. The molecule has 9 heteroatoms. The van der Waals surface area contributed by atoms with E-state index in [-0.39, 0.29) is 24.2 Å². The summed E-state index contributed by atoms with van der Waals surface area (Å²) in [6.07, 6.45) is -0.518. The number of ether oxygens (including phenoxy) is 1. The van der Waals surface area contributed by atoms with Crippen molar-refractivity contribution in [2.75, 3.05) is 36.5 Å². The highest BCUT2D eigenvalue weighted by Crippen LogP contribution is 2.26. The quantitative estimate of drug-likeness (QED) is 0.750. The number of hydrogen-bond acceptors (Lipinski definition) is 7. The summed E-state index contributed by atoms with van der Waals surface area (Å²) in [5.41, 5.74) is 9.02. The topological polar surface area (TPSA) is 78.5 Å². The smallest absolute Gasteiger partial charge is 0.222 e. The first-order valence-electron chi connectivity index (χ1n) is 10.2. The van der Waals surface area contributed by atoms with Crippen LogP contribution in [0.25, 0.3) is 0 Å². The Morgan fingerprint density at radius 3 is 2.32 bits per heavy atom. The van der Waals surface area contributed by atoms with Gasteiger partial charge in [-0.15, -0.1) is 12.4 Å². The molecule has 1 unspecified atom stereocenters. The van der Waals surface area contributed by atoms with Gasteiger partial charge in [0.25, 0.3) is 0 Å². The summed E-state index contributed by atoms with van der Waals surface area (Å²) in [5, 5.41) is 3.35. The fourth-order valence-corrected chi connectivity index (χ4v) is 3.53. The van der Waals surface area contributed by atoms with Gasteiger partial charge in [-0.2, -0.15) is 4.99 Å². The van der Waals surface area contributed by atoms with Gasteiger partial charge in [-0.3, -0.25) is 4.90 Å². The second-order valence-electron chi connectivity index (χ2n) is 7.64. The Kier molecular flexibility index (Phi) is 7.35. The molecule has 0 spiro atoms. The Labute approximate surface area is 188 Å². The molecule has 0 aromatic heterocycles. The molecule has 1 saturated heterocycles. The van der Waals surface area contributed by atoms with Crippen molar-refractivity contribution in [2.24, 2.45) is 15.7 Å². The normalized spacial score (nSPS) is 18.9. The highest BCUT2D eigenvalue weighted by molar-refractivity contribution is 6.06. The van der Waals surface area contributed by atoms with Gasteiger partial charge in [0.15, 0.2) is 0 Å². The SMILES string of the molecule is CC(C)c1ccc(N2C(N3CCOCC3)=NC(N)=NC2Nc2ccc(F)cc2)cc1.Cl. The molecule has 2 aromatic rings. The molecule has 0 radical (unpaired) electrons. The van der Waals surface area contributed by atoms with Crippen molar-refractivity contribution in [3.8, 4) is 0 Å².